The van der Waals surface area contributed by atoms with Crippen molar-refractivity contribution >= 4 is 24.6 Å². The molecule has 3 rings (SSSR count). The second kappa shape index (κ2) is 8.27. The number of rotatable bonds is 6. The number of carbonyl (C=O) groups excluding carboxylic acids is 1. The van der Waals surface area contributed by atoms with Crippen LogP contribution < -0.4 is 0 Å². The van der Waals surface area contributed by atoms with Crippen molar-refractivity contribution in [2.45, 2.75) is 39.3 Å². The highest BCUT2D eigenvalue weighted by Crippen LogP contribution is 2.36. The van der Waals surface area contributed by atoms with Crippen molar-refractivity contribution in [3.63, 3.8) is 0 Å². The lowest BCUT2D eigenvalue weighted by Crippen LogP contribution is -2.38. The van der Waals surface area contributed by atoms with Gasteiger partial charge in [-0.1, -0.05) is 23.8 Å². The predicted molar refractivity (Wildman–Crippen MR) is 106 cm³/mol. The van der Waals surface area contributed by atoms with Crippen molar-refractivity contribution in [2.75, 3.05) is 19.7 Å². The van der Waals surface area contributed by atoms with Crippen LogP contribution in [-0.2, 0) is 20.4 Å². The van der Waals surface area contributed by atoms with Crippen LogP contribution in [0, 0.1) is 0 Å². The van der Waals surface area contributed by atoms with Crippen LogP contribution in [0.3, 0.4) is 0 Å². The molecule has 0 saturated heterocycles. The normalized spacial score (nSPS) is 20.6. The van der Waals surface area contributed by atoms with E-state index >= 15 is 0 Å². The molecule has 0 aliphatic carbocycles. The minimum Gasteiger partial charge on any atom is -0.326 e. The van der Waals surface area contributed by atoms with E-state index in [-0.39, 0.29) is 6.04 Å². The number of para-hydroxylation sites is 2. The molecule has 0 radical (unpaired) electrons. The topological polar surface area (TPSA) is 105 Å². The summed E-state index contributed by atoms with van der Waals surface area (Å²) in [6, 6.07) is 7.86. The standard InChI is InChI=1S/C19H26N3O5P/c1-13(2)8-9-21-11-15(18(23)12-27-28(24,25)26)19-20-16-6-4-5-7-17(16)22(19)10-14(21)3/h4-8,14-15H,9-12H2,1-3H3,(H2,24,25,26). The minimum atomic E-state index is -4.72. The second-order valence-electron chi connectivity index (χ2n) is 7.44. The molecule has 0 bridgehead atoms. The van der Waals surface area contributed by atoms with Gasteiger partial charge in [-0.2, -0.15) is 0 Å². The zero-order chi connectivity index (χ0) is 20.5. The van der Waals surface area contributed by atoms with Gasteiger partial charge in [0.15, 0.2) is 5.78 Å². The number of imidazole rings is 1. The molecule has 2 heterocycles. The number of nitrogens with zero attached hydrogens (tertiary/aromatic N) is 3. The summed E-state index contributed by atoms with van der Waals surface area (Å²) < 4.78 is 17.6. The number of benzene rings is 1. The summed E-state index contributed by atoms with van der Waals surface area (Å²) in [5, 5.41) is 0. The molecule has 2 unspecified atom stereocenters. The SMILES string of the molecule is CC(C)=CCN1CC(C(=O)COP(=O)(O)O)c2nc3ccccc3n2CC1C. The average molecular weight is 407 g/mol. The Labute approximate surface area is 164 Å². The van der Waals surface area contributed by atoms with Crippen molar-refractivity contribution in [3.05, 3.63) is 41.7 Å². The number of Topliss-reactive ketones (excluding diaryl/α,β-unsaturated/α-hetero) is 1. The van der Waals surface area contributed by atoms with Gasteiger partial charge in [0.25, 0.3) is 0 Å². The van der Waals surface area contributed by atoms with Crippen LogP contribution in [0.1, 0.15) is 32.5 Å². The third kappa shape index (κ3) is 4.77. The first-order valence-corrected chi connectivity index (χ1v) is 10.7. The van der Waals surface area contributed by atoms with E-state index in [1.165, 1.54) is 5.57 Å². The van der Waals surface area contributed by atoms with Crippen LogP contribution >= 0.6 is 7.82 Å². The van der Waals surface area contributed by atoms with Crippen molar-refractivity contribution in [3.8, 4) is 0 Å². The van der Waals surface area contributed by atoms with Crippen molar-refractivity contribution in [1.82, 2.24) is 14.5 Å². The fourth-order valence-electron chi connectivity index (χ4n) is 3.48. The summed E-state index contributed by atoms with van der Waals surface area (Å²) in [7, 11) is -4.72. The van der Waals surface area contributed by atoms with E-state index in [9.17, 15) is 9.36 Å². The van der Waals surface area contributed by atoms with E-state index in [4.69, 9.17) is 9.79 Å². The van der Waals surface area contributed by atoms with Crippen molar-refractivity contribution in [2.24, 2.45) is 0 Å². The third-order valence-corrected chi connectivity index (χ3v) is 5.45. The number of hydrogen-bond acceptors (Lipinski definition) is 5. The quantitative estimate of drug-likeness (QED) is 0.560. The molecule has 1 aliphatic heterocycles. The molecule has 8 nitrogen and oxygen atoms in total. The van der Waals surface area contributed by atoms with Gasteiger partial charge >= 0.3 is 7.82 Å². The maximum atomic E-state index is 12.9. The molecule has 1 aromatic heterocycles. The first kappa shape index (κ1) is 20.9. The summed E-state index contributed by atoms with van der Waals surface area (Å²) in [5.74, 6) is -0.405. The van der Waals surface area contributed by atoms with Gasteiger partial charge < -0.3 is 14.4 Å². The smallest absolute Gasteiger partial charge is 0.326 e. The number of hydrogen-bond donors (Lipinski definition) is 2. The van der Waals surface area contributed by atoms with Crippen LogP contribution in [-0.4, -0.2) is 55.8 Å². The summed E-state index contributed by atoms with van der Waals surface area (Å²) in [5.41, 5.74) is 2.94. The third-order valence-electron chi connectivity index (χ3n) is 4.98. The van der Waals surface area contributed by atoms with Gasteiger partial charge in [-0.15, -0.1) is 0 Å². The summed E-state index contributed by atoms with van der Waals surface area (Å²) >= 11 is 0. The van der Waals surface area contributed by atoms with E-state index in [1.807, 2.05) is 42.7 Å². The highest BCUT2D eigenvalue weighted by atomic mass is 31.2. The molecule has 152 valence electrons. The molecule has 2 aromatic rings. The molecule has 1 aliphatic rings. The van der Waals surface area contributed by atoms with Crippen LogP contribution in [0.5, 0.6) is 0 Å². The molecular formula is C19H26N3O5P. The van der Waals surface area contributed by atoms with Crippen molar-refractivity contribution < 1.29 is 23.7 Å². The van der Waals surface area contributed by atoms with Crippen molar-refractivity contribution in [1.29, 1.82) is 0 Å². The summed E-state index contributed by atoms with van der Waals surface area (Å²) in [4.78, 5) is 37.7. The number of allylic oxidation sites excluding steroid dienone is 1. The number of phosphoric acid groups is 1. The molecule has 0 saturated carbocycles. The van der Waals surface area contributed by atoms with Gasteiger partial charge in [0.05, 0.1) is 17.0 Å². The maximum Gasteiger partial charge on any atom is 0.470 e. The van der Waals surface area contributed by atoms with Gasteiger partial charge in [-0.3, -0.25) is 14.2 Å². The van der Waals surface area contributed by atoms with Gasteiger partial charge in [0.1, 0.15) is 12.4 Å². The molecular weight excluding hydrogens is 381 g/mol. The van der Waals surface area contributed by atoms with E-state index in [2.05, 4.69) is 27.4 Å². The van der Waals surface area contributed by atoms with E-state index in [0.717, 1.165) is 11.0 Å². The number of carbonyl (C=O) groups is 1. The fraction of sp³-hybridized carbons (Fsp3) is 0.474. The molecule has 1 aromatic carbocycles. The Morgan fingerprint density at radius 3 is 2.71 bits per heavy atom. The number of ketones is 1. The van der Waals surface area contributed by atoms with Crippen LogP contribution in [0.4, 0.5) is 0 Å². The van der Waals surface area contributed by atoms with Gasteiger partial charge in [-0.05, 0) is 32.9 Å². The zero-order valence-corrected chi connectivity index (χ0v) is 17.2. The first-order valence-electron chi connectivity index (χ1n) is 9.21. The highest BCUT2D eigenvalue weighted by Gasteiger charge is 2.34. The average Bonchev–Trinajstić information content (AvgIpc) is 2.90. The van der Waals surface area contributed by atoms with Crippen LogP contribution in [0.2, 0.25) is 0 Å². The Kier molecular flexibility index (Phi) is 6.17. The van der Waals surface area contributed by atoms with E-state index in [0.29, 0.717) is 25.5 Å². The Hall–Kier alpha value is -1.83. The maximum absolute atomic E-state index is 12.9. The molecule has 28 heavy (non-hydrogen) atoms. The summed E-state index contributed by atoms with van der Waals surface area (Å²) in [6.45, 7) is 7.29. The van der Waals surface area contributed by atoms with Gasteiger partial charge in [-0.25, -0.2) is 9.55 Å². The van der Waals surface area contributed by atoms with Gasteiger partial charge in [0, 0.05) is 25.7 Å². The summed E-state index contributed by atoms with van der Waals surface area (Å²) in [6.07, 6.45) is 2.11. The zero-order valence-electron chi connectivity index (χ0n) is 16.3. The number of phosphoric ester groups is 1. The predicted octanol–water partition coefficient (Wildman–Crippen LogP) is 2.47. The number of fused-ring (bicyclic) bond motifs is 3. The molecule has 2 atom stereocenters. The molecule has 0 spiro atoms. The lowest BCUT2D eigenvalue weighted by Gasteiger charge is -2.27. The lowest BCUT2D eigenvalue weighted by molar-refractivity contribution is -0.123. The largest absolute Gasteiger partial charge is 0.470 e. The molecule has 9 heteroatoms. The molecule has 2 N–H and O–H groups in total. The monoisotopic (exact) mass is 407 g/mol. The Morgan fingerprint density at radius 1 is 1.32 bits per heavy atom. The second-order valence-corrected chi connectivity index (χ2v) is 8.68. The minimum absolute atomic E-state index is 0.160. The molecule has 0 amide bonds. The lowest BCUT2D eigenvalue weighted by atomic mass is 10.0. The highest BCUT2D eigenvalue weighted by molar-refractivity contribution is 7.46. The number of aromatic nitrogens is 2. The Balaban J connectivity index is 1.99. The molecule has 0 fully saturated rings. The van der Waals surface area contributed by atoms with Crippen LogP contribution in [0.25, 0.3) is 11.0 Å². The fourth-order valence-corrected chi connectivity index (χ4v) is 3.77. The van der Waals surface area contributed by atoms with Crippen LogP contribution in [0.15, 0.2) is 35.9 Å². The first-order chi connectivity index (χ1) is 13.2. The van der Waals surface area contributed by atoms with E-state index in [1.54, 1.807) is 0 Å². The Bertz CT molecular complexity index is 944. The van der Waals surface area contributed by atoms with E-state index < -0.39 is 26.1 Å². The van der Waals surface area contributed by atoms with Gasteiger partial charge in [0.2, 0.25) is 0 Å². The Morgan fingerprint density at radius 2 is 2.04 bits per heavy atom.